The van der Waals surface area contributed by atoms with Crippen molar-refractivity contribution in [2.45, 2.75) is 18.7 Å². The zero-order valence-corrected chi connectivity index (χ0v) is 17.7. The number of rotatable bonds is 8. The minimum Gasteiger partial charge on any atom is -0.339 e. The van der Waals surface area contributed by atoms with Crippen LogP contribution in [0.3, 0.4) is 0 Å². The lowest BCUT2D eigenvalue weighted by Gasteiger charge is -2.19. The topological polar surface area (TPSA) is 96.0 Å². The molecule has 0 aromatic heterocycles. The number of sulfonamides is 1. The van der Waals surface area contributed by atoms with E-state index >= 15 is 0 Å². The molecule has 0 saturated carbocycles. The number of benzene rings is 2. The van der Waals surface area contributed by atoms with Crippen LogP contribution in [0.4, 0.5) is 5.69 Å². The zero-order chi connectivity index (χ0) is 21.6. The number of nitrogens with one attached hydrogen (secondary N) is 1. The van der Waals surface area contributed by atoms with Gasteiger partial charge in [0.05, 0.1) is 12.0 Å². The van der Waals surface area contributed by atoms with Gasteiger partial charge in [0.2, 0.25) is 0 Å². The second-order valence-electron chi connectivity index (χ2n) is 6.14. The molecule has 2 aromatic rings. The average Bonchev–Trinajstić information content (AvgIpc) is 2.74. The third-order valence-corrected chi connectivity index (χ3v) is 6.08. The SMILES string of the molecule is CCN(CC)C(=O)c1cccc(NC(=O)c2cccc(S(=O)(=O)N(C)OC)c2)c1. The highest BCUT2D eigenvalue weighted by atomic mass is 32.2. The minimum atomic E-state index is -3.87. The number of carbonyl (C=O) groups is 2. The molecule has 0 heterocycles. The second kappa shape index (κ2) is 9.64. The zero-order valence-electron chi connectivity index (χ0n) is 16.9. The highest BCUT2D eigenvalue weighted by Gasteiger charge is 2.22. The van der Waals surface area contributed by atoms with Gasteiger partial charge < -0.3 is 10.2 Å². The van der Waals surface area contributed by atoms with Crippen LogP contribution in [0.5, 0.6) is 0 Å². The summed E-state index contributed by atoms with van der Waals surface area (Å²) in [6.07, 6.45) is 0. The van der Waals surface area contributed by atoms with Gasteiger partial charge in [-0.1, -0.05) is 16.6 Å². The smallest absolute Gasteiger partial charge is 0.264 e. The van der Waals surface area contributed by atoms with Crippen molar-refractivity contribution >= 4 is 27.5 Å². The van der Waals surface area contributed by atoms with Crippen LogP contribution < -0.4 is 5.32 Å². The Morgan fingerprint density at radius 1 is 1.00 bits per heavy atom. The molecular weight excluding hydrogens is 394 g/mol. The lowest BCUT2D eigenvalue weighted by atomic mass is 10.1. The summed E-state index contributed by atoms with van der Waals surface area (Å²) in [5, 5.41) is 2.70. The lowest BCUT2D eigenvalue weighted by molar-refractivity contribution is -0.0258. The summed E-state index contributed by atoms with van der Waals surface area (Å²) in [5.74, 6) is -0.614. The van der Waals surface area contributed by atoms with Crippen molar-refractivity contribution in [3.05, 3.63) is 59.7 Å². The Kier molecular flexibility index (Phi) is 7.49. The van der Waals surface area contributed by atoms with Gasteiger partial charge in [-0.2, -0.15) is 0 Å². The lowest BCUT2D eigenvalue weighted by Crippen LogP contribution is -2.30. The van der Waals surface area contributed by atoms with Crippen LogP contribution in [0.15, 0.2) is 53.4 Å². The van der Waals surface area contributed by atoms with E-state index in [2.05, 4.69) is 5.32 Å². The third-order valence-electron chi connectivity index (χ3n) is 4.41. The molecule has 0 saturated heterocycles. The molecule has 9 heteroatoms. The van der Waals surface area contributed by atoms with Crippen LogP contribution in [0.25, 0.3) is 0 Å². The second-order valence-corrected chi connectivity index (χ2v) is 8.07. The van der Waals surface area contributed by atoms with E-state index in [4.69, 9.17) is 4.84 Å². The van der Waals surface area contributed by atoms with Crippen LogP contribution in [0, 0.1) is 0 Å². The van der Waals surface area contributed by atoms with E-state index in [1.54, 1.807) is 29.2 Å². The van der Waals surface area contributed by atoms with Crippen LogP contribution in [0.1, 0.15) is 34.6 Å². The Morgan fingerprint density at radius 2 is 1.62 bits per heavy atom. The van der Waals surface area contributed by atoms with Crippen LogP contribution in [-0.4, -0.2) is 56.8 Å². The molecule has 8 nitrogen and oxygen atoms in total. The summed E-state index contributed by atoms with van der Waals surface area (Å²) in [6.45, 7) is 4.97. The summed E-state index contributed by atoms with van der Waals surface area (Å²) < 4.78 is 25.4. The van der Waals surface area contributed by atoms with Gasteiger partial charge in [0.1, 0.15) is 0 Å². The molecule has 29 heavy (non-hydrogen) atoms. The van der Waals surface area contributed by atoms with Gasteiger partial charge in [0.15, 0.2) is 0 Å². The first kappa shape index (κ1) is 22.5. The monoisotopic (exact) mass is 419 g/mol. The first-order valence-corrected chi connectivity index (χ1v) is 10.5. The quantitative estimate of drug-likeness (QED) is 0.664. The van der Waals surface area contributed by atoms with Crippen molar-refractivity contribution in [2.75, 3.05) is 32.6 Å². The highest BCUT2D eigenvalue weighted by molar-refractivity contribution is 7.89. The number of nitrogens with zero attached hydrogens (tertiary/aromatic N) is 2. The predicted octanol–water partition coefficient (Wildman–Crippen LogP) is 2.60. The van der Waals surface area contributed by atoms with Gasteiger partial charge in [0, 0.05) is 37.0 Å². The molecule has 0 aliphatic rings. The first-order chi connectivity index (χ1) is 13.7. The van der Waals surface area contributed by atoms with E-state index in [9.17, 15) is 18.0 Å². The van der Waals surface area contributed by atoms with E-state index in [1.807, 2.05) is 13.8 Å². The fraction of sp³-hybridized carbons (Fsp3) is 0.300. The van der Waals surface area contributed by atoms with Gasteiger partial charge in [-0.25, -0.2) is 8.42 Å². The van der Waals surface area contributed by atoms with Crippen molar-refractivity contribution in [3.63, 3.8) is 0 Å². The molecule has 0 aliphatic heterocycles. The number of anilines is 1. The predicted molar refractivity (Wildman–Crippen MR) is 110 cm³/mol. The van der Waals surface area contributed by atoms with Gasteiger partial charge >= 0.3 is 0 Å². The molecule has 0 aliphatic carbocycles. The van der Waals surface area contributed by atoms with Crippen molar-refractivity contribution in [1.29, 1.82) is 0 Å². The Morgan fingerprint density at radius 3 is 2.24 bits per heavy atom. The van der Waals surface area contributed by atoms with Crippen molar-refractivity contribution in [1.82, 2.24) is 9.37 Å². The molecule has 0 spiro atoms. The number of hydroxylamine groups is 1. The van der Waals surface area contributed by atoms with Crippen LogP contribution >= 0.6 is 0 Å². The standard InChI is InChI=1S/C20H25N3O5S/c1-5-23(6-2)20(25)16-10-7-11-17(13-16)21-19(24)15-9-8-12-18(14-15)29(26,27)22(3)28-4/h7-14H,5-6H2,1-4H3,(H,21,24). The summed E-state index contributed by atoms with van der Waals surface area (Å²) >= 11 is 0. The summed E-state index contributed by atoms with van der Waals surface area (Å²) in [4.78, 5) is 31.5. The van der Waals surface area contributed by atoms with Crippen molar-refractivity contribution < 1.29 is 22.8 Å². The molecule has 1 N–H and O–H groups in total. The Labute approximate surface area is 171 Å². The summed E-state index contributed by atoms with van der Waals surface area (Å²) in [5.41, 5.74) is 1.07. The van der Waals surface area contributed by atoms with E-state index in [1.165, 1.54) is 38.4 Å². The Balaban J connectivity index is 2.25. The molecule has 0 unspecified atom stereocenters. The molecule has 2 amide bonds. The van der Waals surface area contributed by atoms with Crippen molar-refractivity contribution in [3.8, 4) is 0 Å². The molecule has 0 fully saturated rings. The normalized spacial score (nSPS) is 11.3. The number of hydrogen-bond donors (Lipinski definition) is 1. The molecule has 0 bridgehead atoms. The van der Waals surface area contributed by atoms with Gasteiger partial charge in [0.25, 0.3) is 21.8 Å². The maximum Gasteiger partial charge on any atom is 0.264 e. The van der Waals surface area contributed by atoms with E-state index in [0.717, 1.165) is 0 Å². The van der Waals surface area contributed by atoms with Gasteiger partial charge in [-0.05, 0) is 50.2 Å². The maximum absolute atomic E-state index is 12.6. The largest absolute Gasteiger partial charge is 0.339 e. The number of hydrogen-bond acceptors (Lipinski definition) is 5. The minimum absolute atomic E-state index is 0.0695. The van der Waals surface area contributed by atoms with Gasteiger partial charge in [-0.15, -0.1) is 0 Å². The molecule has 0 atom stereocenters. The summed E-state index contributed by atoms with van der Waals surface area (Å²) in [6, 6.07) is 12.3. The highest BCUT2D eigenvalue weighted by Crippen LogP contribution is 2.18. The molecule has 156 valence electrons. The fourth-order valence-corrected chi connectivity index (χ4v) is 3.69. The molecule has 2 aromatic carbocycles. The fourth-order valence-electron chi connectivity index (χ4n) is 2.67. The Bertz CT molecular complexity index is 987. The van der Waals surface area contributed by atoms with Crippen LogP contribution in [-0.2, 0) is 14.9 Å². The maximum atomic E-state index is 12.6. The van der Waals surface area contributed by atoms with Crippen molar-refractivity contribution in [2.24, 2.45) is 0 Å². The first-order valence-electron chi connectivity index (χ1n) is 9.08. The average molecular weight is 420 g/mol. The molecular formula is C20H25N3O5S. The summed E-state index contributed by atoms with van der Waals surface area (Å²) in [7, 11) is -1.37. The molecule has 2 rings (SSSR count). The number of carbonyl (C=O) groups excluding carboxylic acids is 2. The Hall–Kier alpha value is -2.75. The third kappa shape index (κ3) is 5.20. The molecule has 0 radical (unpaired) electrons. The van der Waals surface area contributed by atoms with Crippen LogP contribution in [0.2, 0.25) is 0 Å². The van der Waals surface area contributed by atoms with E-state index in [0.29, 0.717) is 28.8 Å². The van der Waals surface area contributed by atoms with E-state index in [-0.39, 0.29) is 16.4 Å². The van der Waals surface area contributed by atoms with Gasteiger partial charge in [-0.3, -0.25) is 14.4 Å². The number of amides is 2. The van der Waals surface area contributed by atoms with E-state index < -0.39 is 15.9 Å².